The van der Waals surface area contributed by atoms with Crippen molar-refractivity contribution in [1.82, 2.24) is 14.9 Å². The first-order chi connectivity index (χ1) is 18.5. The van der Waals surface area contributed by atoms with E-state index in [4.69, 9.17) is 11.6 Å². The van der Waals surface area contributed by atoms with Crippen molar-refractivity contribution in [1.29, 1.82) is 0 Å². The Balaban J connectivity index is 1.38. The lowest BCUT2D eigenvalue weighted by atomic mass is 9.80. The molecule has 1 aliphatic carbocycles. The normalized spacial score (nSPS) is 18.8. The number of hydrogen-bond donors (Lipinski definition) is 1. The van der Waals surface area contributed by atoms with Crippen molar-refractivity contribution in [2.45, 2.75) is 45.1 Å². The summed E-state index contributed by atoms with van der Waals surface area (Å²) >= 11 is 6.08. The number of aromatic nitrogens is 2. The average molecular weight is 551 g/mol. The first-order valence-electron chi connectivity index (χ1n) is 12.8. The predicted molar refractivity (Wildman–Crippen MR) is 146 cm³/mol. The van der Waals surface area contributed by atoms with Crippen LogP contribution >= 0.6 is 11.6 Å². The van der Waals surface area contributed by atoms with Crippen molar-refractivity contribution >= 4 is 35.3 Å². The number of rotatable bonds is 7. The number of alkyl halides is 1. The zero-order chi connectivity index (χ0) is 27.9. The molecule has 6 nitrogen and oxygen atoms in total. The molecule has 3 aromatic rings. The third-order valence-corrected chi connectivity index (χ3v) is 8.32. The highest BCUT2D eigenvalue weighted by Crippen LogP contribution is 2.46. The lowest BCUT2D eigenvalue weighted by Crippen LogP contribution is -2.43. The summed E-state index contributed by atoms with van der Waals surface area (Å²) in [6.07, 6.45) is 8.12. The van der Waals surface area contributed by atoms with Gasteiger partial charge < -0.3 is 10.2 Å². The molecule has 5 rings (SSSR count). The van der Waals surface area contributed by atoms with Gasteiger partial charge in [0.2, 0.25) is 11.8 Å². The second-order valence-corrected chi connectivity index (χ2v) is 11.2. The number of carbonyl (C=O) groups is 2. The third-order valence-electron chi connectivity index (χ3n) is 7.65. The van der Waals surface area contributed by atoms with Crippen LogP contribution in [0.1, 0.15) is 54.8 Å². The van der Waals surface area contributed by atoms with Gasteiger partial charge in [0.15, 0.2) is 0 Å². The van der Waals surface area contributed by atoms with Gasteiger partial charge in [-0.1, -0.05) is 18.2 Å². The summed E-state index contributed by atoms with van der Waals surface area (Å²) in [6.45, 7) is 5.41. The van der Waals surface area contributed by atoms with Crippen molar-refractivity contribution in [3.8, 4) is 0 Å². The molecule has 202 valence electrons. The van der Waals surface area contributed by atoms with Gasteiger partial charge in [0.05, 0.1) is 16.9 Å². The van der Waals surface area contributed by atoms with Crippen LogP contribution in [0.3, 0.4) is 0 Å². The summed E-state index contributed by atoms with van der Waals surface area (Å²) in [4.78, 5) is 36.9. The molecular formula is C30H29ClF2N4O2. The summed E-state index contributed by atoms with van der Waals surface area (Å²) in [5.41, 5.74) is 2.37. The van der Waals surface area contributed by atoms with Crippen LogP contribution < -0.4 is 5.32 Å². The zero-order valence-corrected chi connectivity index (χ0v) is 22.7. The SMILES string of the molecule is C[C@H](c1cc(F)cc(F)c1)N(CC=Cc1cnc2c(c1)C[C@@]1(C2)C(=O)Nc2ncccc21)C(=O)C(C)(C)CCl. The van der Waals surface area contributed by atoms with Gasteiger partial charge in [0, 0.05) is 48.6 Å². The van der Waals surface area contributed by atoms with Gasteiger partial charge in [-0.25, -0.2) is 13.8 Å². The molecule has 0 saturated carbocycles. The van der Waals surface area contributed by atoms with Crippen molar-refractivity contribution in [3.05, 3.63) is 94.5 Å². The largest absolute Gasteiger partial charge is 0.332 e. The molecule has 2 aromatic heterocycles. The zero-order valence-electron chi connectivity index (χ0n) is 22.0. The number of pyridine rings is 2. The first-order valence-corrected chi connectivity index (χ1v) is 13.3. The van der Waals surface area contributed by atoms with Gasteiger partial charge in [-0.15, -0.1) is 11.6 Å². The molecule has 1 aliphatic heterocycles. The Kier molecular flexibility index (Phi) is 7.01. The predicted octanol–water partition coefficient (Wildman–Crippen LogP) is 5.61. The lowest BCUT2D eigenvalue weighted by Gasteiger charge is -2.35. The highest BCUT2D eigenvalue weighted by atomic mass is 35.5. The molecule has 9 heteroatoms. The van der Waals surface area contributed by atoms with Crippen LogP contribution in [0, 0.1) is 17.0 Å². The van der Waals surface area contributed by atoms with E-state index in [0.717, 1.165) is 28.5 Å². The van der Waals surface area contributed by atoms with E-state index in [1.54, 1.807) is 38.1 Å². The number of halogens is 3. The molecule has 39 heavy (non-hydrogen) atoms. The molecule has 0 saturated heterocycles. The molecule has 0 bridgehead atoms. The minimum Gasteiger partial charge on any atom is -0.332 e. The topological polar surface area (TPSA) is 75.2 Å². The van der Waals surface area contributed by atoms with Crippen LogP contribution in [0.4, 0.5) is 14.6 Å². The highest BCUT2D eigenvalue weighted by Gasteiger charge is 2.51. The Morgan fingerprint density at radius 2 is 1.95 bits per heavy atom. The summed E-state index contributed by atoms with van der Waals surface area (Å²) in [7, 11) is 0. The fourth-order valence-electron chi connectivity index (χ4n) is 5.39. The van der Waals surface area contributed by atoms with Gasteiger partial charge in [-0.2, -0.15) is 0 Å². The Bertz CT molecular complexity index is 1470. The molecule has 0 unspecified atom stereocenters. The maximum atomic E-state index is 13.9. The number of anilines is 1. The first kappa shape index (κ1) is 26.9. The quantitative estimate of drug-likeness (QED) is 0.388. The van der Waals surface area contributed by atoms with Crippen LogP contribution in [0.2, 0.25) is 0 Å². The maximum absolute atomic E-state index is 13.9. The number of fused-ring (bicyclic) bond motifs is 3. The fraction of sp³-hybridized carbons (Fsp3) is 0.333. The standard InChI is InChI=1S/C30H29ClF2N4O2/c1-18(20-11-22(32)13-23(33)12-20)37(28(39)29(2,3)17-31)9-5-6-19-10-21-14-30(15-25(21)35-16-19)24-7-4-8-34-26(24)36-27(30)38/h4-8,10-13,16,18H,9,14-15,17H2,1-3H3,(H,34,36,38)/t18-,30+/m1/s1. The van der Waals surface area contributed by atoms with E-state index < -0.39 is 28.5 Å². The molecule has 2 aliphatic rings. The molecule has 0 fully saturated rings. The van der Waals surface area contributed by atoms with Crippen LogP contribution in [0.5, 0.6) is 0 Å². The van der Waals surface area contributed by atoms with E-state index in [1.807, 2.05) is 30.4 Å². The molecule has 0 radical (unpaired) electrons. The van der Waals surface area contributed by atoms with Crippen LogP contribution in [0.25, 0.3) is 6.08 Å². The Morgan fingerprint density at radius 3 is 2.67 bits per heavy atom. The summed E-state index contributed by atoms with van der Waals surface area (Å²) < 4.78 is 27.9. The van der Waals surface area contributed by atoms with Gasteiger partial charge in [-0.05, 0) is 68.1 Å². The molecule has 1 N–H and O–H groups in total. The second kappa shape index (κ2) is 10.2. The van der Waals surface area contributed by atoms with E-state index in [-0.39, 0.29) is 24.2 Å². The molecular weight excluding hydrogens is 522 g/mol. The van der Waals surface area contributed by atoms with E-state index in [2.05, 4.69) is 15.3 Å². The number of carbonyl (C=O) groups excluding carboxylic acids is 2. The number of nitrogens with zero attached hydrogens (tertiary/aromatic N) is 3. The number of benzene rings is 1. The van der Waals surface area contributed by atoms with Crippen molar-refractivity contribution < 1.29 is 18.4 Å². The number of nitrogens with one attached hydrogen (secondary N) is 1. The molecule has 1 aromatic carbocycles. The van der Waals surface area contributed by atoms with Crippen LogP contribution in [0.15, 0.2) is 54.9 Å². The minimum absolute atomic E-state index is 0.0647. The van der Waals surface area contributed by atoms with Gasteiger partial charge in [0.1, 0.15) is 17.5 Å². The summed E-state index contributed by atoms with van der Waals surface area (Å²) in [6, 6.07) is 8.46. The smallest absolute Gasteiger partial charge is 0.237 e. The number of hydrogen-bond acceptors (Lipinski definition) is 4. The van der Waals surface area contributed by atoms with Crippen molar-refractivity contribution in [2.75, 3.05) is 17.7 Å². The van der Waals surface area contributed by atoms with Crippen LogP contribution in [-0.4, -0.2) is 39.1 Å². The van der Waals surface area contributed by atoms with E-state index in [1.165, 1.54) is 12.1 Å². The van der Waals surface area contributed by atoms with Gasteiger partial charge in [0.25, 0.3) is 0 Å². The Hall–Kier alpha value is -3.65. The van der Waals surface area contributed by atoms with E-state index in [0.29, 0.717) is 24.2 Å². The van der Waals surface area contributed by atoms with E-state index >= 15 is 0 Å². The second-order valence-electron chi connectivity index (χ2n) is 10.9. The minimum atomic E-state index is -0.869. The van der Waals surface area contributed by atoms with Gasteiger partial charge in [-0.3, -0.25) is 14.6 Å². The molecule has 1 spiro atoms. The highest BCUT2D eigenvalue weighted by molar-refractivity contribution is 6.19. The average Bonchev–Trinajstić information content (AvgIpc) is 3.42. The number of amides is 2. The fourth-order valence-corrected chi connectivity index (χ4v) is 5.50. The third kappa shape index (κ3) is 4.93. The molecule has 2 atom stereocenters. The van der Waals surface area contributed by atoms with Crippen molar-refractivity contribution in [2.24, 2.45) is 5.41 Å². The molecule has 3 heterocycles. The van der Waals surface area contributed by atoms with E-state index in [9.17, 15) is 18.4 Å². The molecule has 2 amide bonds. The Morgan fingerprint density at radius 1 is 1.21 bits per heavy atom. The monoisotopic (exact) mass is 550 g/mol. The van der Waals surface area contributed by atoms with Crippen LogP contribution in [-0.2, 0) is 27.8 Å². The summed E-state index contributed by atoms with van der Waals surface area (Å²) in [5, 5.41) is 2.90. The maximum Gasteiger partial charge on any atom is 0.237 e. The van der Waals surface area contributed by atoms with Crippen molar-refractivity contribution in [3.63, 3.8) is 0 Å². The van der Waals surface area contributed by atoms with Gasteiger partial charge >= 0.3 is 0 Å². The lowest BCUT2D eigenvalue weighted by molar-refractivity contribution is -0.140. The Labute approximate surface area is 231 Å². The summed E-state index contributed by atoms with van der Waals surface area (Å²) in [5.74, 6) is -0.996.